The SMILES string of the molecule is CC(=O)N[C@@H]1CCN(c2cc3c(N[C@H](C)c4cccc(C(F)(F)F)c4)nc(C)nc3cn2)C1.CC(=O)N[C@@H]1CCN(c2cc3c(N[C@H](C)c4cccc(C(F)F)c4F)nc(C)nc3cn2)C1.CC(=O)N[C@H]1CCN(c2cc3c(N[C@H](C)c4cccc(C(F)(F)F)c4)nc(C)nc3cn2)C1.CC(=O)N[C@H]1CCN(c2cc3c(N[C@H](C)c4cccc(C(F)F)c4F)nc(C)nc3cn2)C1. The maximum Gasteiger partial charge on any atom is 0.416 e. The average molecular weight is 1830 g/mol. The number of fused-ring (bicyclic) bond motifs is 4. The predicted octanol–water partition coefficient (Wildman–Crippen LogP) is 17.1. The summed E-state index contributed by atoms with van der Waals surface area (Å²) >= 11 is 0. The van der Waals surface area contributed by atoms with Crippen LogP contribution in [0.1, 0.15) is 186 Å². The molecule has 4 aromatic carbocycles. The van der Waals surface area contributed by atoms with E-state index in [0.29, 0.717) is 128 Å². The molecule has 4 fully saturated rings. The van der Waals surface area contributed by atoms with Crippen LogP contribution in [0, 0.1) is 39.3 Å². The fourth-order valence-electron chi connectivity index (χ4n) is 16.4. The molecule has 4 aliphatic heterocycles. The number of nitrogens with one attached hydrogen (secondary N) is 8. The van der Waals surface area contributed by atoms with Crippen molar-refractivity contribution < 1.29 is 71.9 Å². The monoisotopic (exact) mass is 1830 g/mol. The Morgan fingerprint density at radius 2 is 0.591 bits per heavy atom. The van der Waals surface area contributed by atoms with Crippen molar-refractivity contribution in [1.82, 2.24) is 81.1 Å². The molecule has 0 unspecified atom stereocenters. The Bertz CT molecular complexity index is 5850. The molecule has 8 atom stereocenters. The van der Waals surface area contributed by atoms with Crippen LogP contribution in [0.4, 0.5) is 99.2 Å². The van der Waals surface area contributed by atoms with Crippen LogP contribution in [0.3, 0.4) is 0 Å². The molecule has 4 aliphatic rings. The van der Waals surface area contributed by atoms with Gasteiger partial charge in [-0.15, -0.1) is 0 Å². The normalized spacial score (nSPS) is 17.1. The van der Waals surface area contributed by atoms with E-state index in [1.54, 1.807) is 92.3 Å². The Morgan fingerprint density at radius 1 is 0.348 bits per heavy atom. The fourth-order valence-corrected chi connectivity index (χ4v) is 16.4. The lowest BCUT2D eigenvalue weighted by Gasteiger charge is -2.20. The van der Waals surface area contributed by atoms with E-state index < -0.39 is 83.3 Å². The number of alkyl halides is 10. The Morgan fingerprint density at radius 3 is 0.833 bits per heavy atom. The molecule has 12 heterocycles. The summed E-state index contributed by atoms with van der Waals surface area (Å²) in [6, 6.07) is 24.1. The molecule has 0 bridgehead atoms. The highest BCUT2D eigenvalue weighted by Gasteiger charge is 2.35. The van der Waals surface area contributed by atoms with Gasteiger partial charge in [-0.05, 0) is 141 Å². The fraction of sp³-hybridized carbons (Fsp3) is 0.391. The van der Waals surface area contributed by atoms with Crippen molar-refractivity contribution in [2.45, 2.75) is 182 Å². The summed E-state index contributed by atoms with van der Waals surface area (Å²) in [6.45, 7) is 25.5. The van der Waals surface area contributed by atoms with Crippen molar-refractivity contribution in [2.24, 2.45) is 0 Å². The van der Waals surface area contributed by atoms with Crippen molar-refractivity contribution in [1.29, 1.82) is 0 Å². The second kappa shape index (κ2) is 41.2. The number of hydrogen-bond donors (Lipinski definition) is 8. The third-order valence-corrected chi connectivity index (χ3v) is 22.8. The second-order valence-electron chi connectivity index (χ2n) is 33.1. The van der Waals surface area contributed by atoms with Crippen LogP contribution in [0.15, 0.2) is 134 Å². The first-order valence-electron chi connectivity index (χ1n) is 42.8. The average Bonchev–Trinajstić information content (AvgIpc) is 1.29. The maximum atomic E-state index is 14.7. The lowest BCUT2D eigenvalue weighted by molar-refractivity contribution is -0.138. The lowest BCUT2D eigenvalue weighted by atomic mass is 10.0. The Balaban J connectivity index is 0.000000150. The summed E-state index contributed by atoms with van der Waals surface area (Å²) in [5.41, 5.74) is 1.14. The van der Waals surface area contributed by atoms with Crippen LogP contribution >= 0.6 is 0 Å². The smallest absolute Gasteiger partial charge is 0.363 e. The van der Waals surface area contributed by atoms with E-state index in [4.69, 9.17) is 0 Å². The first-order chi connectivity index (χ1) is 62.6. The van der Waals surface area contributed by atoms with Crippen LogP contribution in [0.25, 0.3) is 43.6 Å². The predicted molar refractivity (Wildman–Crippen MR) is 480 cm³/mol. The zero-order chi connectivity index (χ0) is 94.9. The molecule has 28 nitrogen and oxygen atoms in total. The molecule has 4 amide bonds. The standard InChI is InChI=1S/4C23H25F3N6O/c2*1-13(16-5-4-6-17(9-16)23(24,25)26)28-22-19-10-21(27-11-20(19)29-14(2)30-22)32-8-7-18(12-32)31-15(3)33;2*1-12(16-5-4-6-17(21(16)24)22(25)26)28-23-18-9-20(27-10-19(18)29-13(2)30-23)32-8-7-15(11-32)31-14(3)33/h2*4-6,9-11,13,18H,7-8,12H2,1-3H3,(H,31,33)(H,28,29,30);2*4-6,9-10,12,15,22H,7-8,11H2,1-3H3,(H,31,33)(H,28,29,30)/t13-,18+;13-,18-;12-,15+;12-,15-/m1111/s1. The molecule has 0 spiro atoms. The molecule has 132 heavy (non-hydrogen) atoms. The third kappa shape index (κ3) is 23.9. The van der Waals surface area contributed by atoms with Gasteiger partial charge in [0.2, 0.25) is 23.6 Å². The minimum atomic E-state index is -4.40. The van der Waals surface area contributed by atoms with Gasteiger partial charge >= 0.3 is 12.4 Å². The molecule has 696 valence electrons. The van der Waals surface area contributed by atoms with Crippen molar-refractivity contribution in [3.8, 4) is 0 Å². The Labute approximate surface area is 752 Å². The summed E-state index contributed by atoms with van der Waals surface area (Å²) in [4.78, 5) is 108. The molecular weight excluding hydrogens is 1730 g/mol. The number of benzene rings is 4. The number of nitrogens with zero attached hydrogens (tertiary/aromatic N) is 16. The van der Waals surface area contributed by atoms with Crippen LogP contribution in [0.2, 0.25) is 0 Å². The van der Waals surface area contributed by atoms with E-state index in [0.717, 1.165) is 111 Å². The minimum Gasteiger partial charge on any atom is -0.363 e. The van der Waals surface area contributed by atoms with Crippen LogP contribution in [0.5, 0.6) is 0 Å². The van der Waals surface area contributed by atoms with Crippen LogP contribution in [-0.4, -0.2) is 160 Å². The summed E-state index contributed by atoms with van der Waals surface area (Å²) < 4.78 is 161. The summed E-state index contributed by atoms with van der Waals surface area (Å²) in [7, 11) is 0. The maximum absolute atomic E-state index is 14.7. The van der Waals surface area contributed by atoms with Gasteiger partial charge in [-0.2, -0.15) is 26.3 Å². The Hall–Kier alpha value is -13.7. The third-order valence-electron chi connectivity index (χ3n) is 22.8. The number of carbonyl (C=O) groups excluding carboxylic acids is 4. The first kappa shape index (κ1) is 95.9. The van der Waals surface area contributed by atoms with E-state index in [9.17, 15) is 71.9 Å². The number of aryl methyl sites for hydroxylation is 4. The van der Waals surface area contributed by atoms with E-state index in [1.165, 1.54) is 64.1 Å². The highest BCUT2D eigenvalue weighted by atomic mass is 19.4. The quantitative estimate of drug-likeness (QED) is 0.0292. The van der Waals surface area contributed by atoms with Gasteiger partial charge < -0.3 is 62.1 Å². The number of anilines is 8. The minimum absolute atomic E-state index is 0.0527. The Kier molecular flexibility index (Phi) is 29.9. The zero-order valence-electron chi connectivity index (χ0n) is 74.3. The van der Waals surface area contributed by atoms with Gasteiger partial charge in [-0.1, -0.05) is 60.7 Å². The number of pyridine rings is 4. The van der Waals surface area contributed by atoms with Crippen LogP contribution < -0.4 is 62.1 Å². The summed E-state index contributed by atoms with van der Waals surface area (Å²) in [5, 5.41) is 27.4. The molecule has 4 saturated heterocycles. The number of halogens is 12. The second-order valence-corrected chi connectivity index (χ2v) is 33.1. The van der Waals surface area contributed by atoms with Gasteiger partial charge in [0.15, 0.2) is 0 Å². The van der Waals surface area contributed by atoms with Crippen molar-refractivity contribution in [2.75, 3.05) is 93.2 Å². The van der Waals surface area contributed by atoms with Crippen LogP contribution in [-0.2, 0) is 31.5 Å². The van der Waals surface area contributed by atoms with E-state index in [-0.39, 0.29) is 58.9 Å². The molecule has 0 saturated carbocycles. The molecule has 40 heteroatoms. The molecular formula is C92H100F12N24O4. The van der Waals surface area contributed by atoms with Gasteiger partial charge in [0.1, 0.15) is 81.5 Å². The van der Waals surface area contributed by atoms with Gasteiger partial charge in [0.05, 0.1) is 81.2 Å². The molecule has 0 radical (unpaired) electrons. The largest absolute Gasteiger partial charge is 0.416 e. The summed E-state index contributed by atoms with van der Waals surface area (Å²) in [5.74, 6) is 4.84. The first-order valence-corrected chi connectivity index (χ1v) is 42.8. The summed E-state index contributed by atoms with van der Waals surface area (Å²) in [6.07, 6.45) is -4.68. The van der Waals surface area contributed by atoms with Gasteiger partial charge in [-0.25, -0.2) is 86.2 Å². The van der Waals surface area contributed by atoms with E-state index in [2.05, 4.69) is 122 Å². The van der Waals surface area contributed by atoms with E-state index in [1.807, 2.05) is 24.3 Å². The van der Waals surface area contributed by atoms with Gasteiger partial charge in [0.25, 0.3) is 12.9 Å². The highest BCUT2D eigenvalue weighted by Crippen LogP contribution is 2.40. The topological polar surface area (TPSA) is 332 Å². The van der Waals surface area contributed by atoms with E-state index >= 15 is 0 Å². The van der Waals surface area contributed by atoms with Gasteiger partial charge in [-0.3, -0.25) is 19.2 Å². The van der Waals surface area contributed by atoms with Crippen molar-refractivity contribution in [3.63, 3.8) is 0 Å². The lowest BCUT2D eigenvalue weighted by Crippen LogP contribution is -2.35. The molecule has 12 aromatic rings. The number of amides is 4. The van der Waals surface area contributed by atoms with Crippen molar-refractivity contribution >= 4 is 114 Å². The highest BCUT2D eigenvalue weighted by molar-refractivity contribution is 5.94. The number of hydrogen-bond acceptors (Lipinski definition) is 24. The zero-order valence-corrected chi connectivity index (χ0v) is 74.3. The molecule has 16 rings (SSSR count). The number of aromatic nitrogens is 12. The number of rotatable bonds is 22. The number of carbonyl (C=O) groups is 4. The van der Waals surface area contributed by atoms with Crippen molar-refractivity contribution in [3.05, 3.63) is 213 Å². The van der Waals surface area contributed by atoms with Gasteiger partial charge in [0, 0.05) is 149 Å². The molecule has 0 aliphatic carbocycles. The molecule has 8 N–H and O–H groups in total. The molecule has 8 aromatic heterocycles.